The van der Waals surface area contributed by atoms with Crippen LogP contribution in [-0.4, -0.2) is 67.0 Å². The van der Waals surface area contributed by atoms with Crippen molar-refractivity contribution in [2.24, 2.45) is 5.73 Å². The van der Waals surface area contributed by atoms with E-state index in [9.17, 15) is 9.59 Å². The average molecular weight is 257 g/mol. The molecule has 1 rings (SSSR count). The number of hydrogen-bond acceptors (Lipinski definition) is 4. The van der Waals surface area contributed by atoms with E-state index in [1.807, 2.05) is 18.7 Å². The van der Waals surface area contributed by atoms with Gasteiger partial charge in [-0.05, 0) is 20.3 Å². The number of primary amides is 1. The molecular formula is C12H23N3O3. The largest absolute Gasteiger partial charge is 0.369 e. The first kappa shape index (κ1) is 14.9. The topological polar surface area (TPSA) is 75.9 Å². The molecule has 0 bridgehead atoms. The normalized spacial score (nSPS) is 17.8. The Kier molecular flexibility index (Phi) is 6.07. The minimum absolute atomic E-state index is 0.0182. The Balaban J connectivity index is 2.36. The van der Waals surface area contributed by atoms with E-state index >= 15 is 0 Å². The fraction of sp³-hybridized carbons (Fsp3) is 0.833. The van der Waals surface area contributed by atoms with Gasteiger partial charge in [-0.3, -0.25) is 14.5 Å². The molecule has 6 heteroatoms. The number of carbonyl (C=O) groups excluding carboxylic acids is 2. The number of nitrogens with two attached hydrogens (primary N) is 1. The van der Waals surface area contributed by atoms with Gasteiger partial charge in [-0.15, -0.1) is 0 Å². The third-order valence-corrected chi connectivity index (χ3v) is 2.86. The third-order valence-electron chi connectivity index (χ3n) is 2.86. The molecular weight excluding hydrogens is 234 g/mol. The molecule has 0 aromatic carbocycles. The van der Waals surface area contributed by atoms with Gasteiger partial charge < -0.3 is 15.4 Å². The molecule has 1 aliphatic rings. The van der Waals surface area contributed by atoms with Gasteiger partial charge in [0.05, 0.1) is 12.6 Å². The molecule has 0 radical (unpaired) electrons. The first-order valence-corrected chi connectivity index (χ1v) is 6.39. The van der Waals surface area contributed by atoms with Crippen LogP contribution in [0.5, 0.6) is 0 Å². The lowest BCUT2D eigenvalue weighted by Gasteiger charge is -2.21. The molecule has 1 saturated heterocycles. The Bertz CT molecular complexity index is 294. The van der Waals surface area contributed by atoms with Crippen molar-refractivity contribution in [3.05, 3.63) is 0 Å². The van der Waals surface area contributed by atoms with Crippen LogP contribution in [0.15, 0.2) is 0 Å². The Labute approximate surface area is 108 Å². The summed E-state index contributed by atoms with van der Waals surface area (Å²) >= 11 is 0. The summed E-state index contributed by atoms with van der Waals surface area (Å²) in [5.41, 5.74) is 5.17. The van der Waals surface area contributed by atoms with Crippen molar-refractivity contribution in [1.82, 2.24) is 9.80 Å². The van der Waals surface area contributed by atoms with Gasteiger partial charge in [0.15, 0.2) is 0 Å². The molecule has 1 aliphatic heterocycles. The van der Waals surface area contributed by atoms with E-state index in [-0.39, 0.29) is 31.1 Å². The lowest BCUT2D eigenvalue weighted by molar-refractivity contribution is -0.137. The number of carbonyl (C=O) groups is 2. The standard InChI is InChI=1S/C12H23N3O3/c1-10(2)18-9-12(17)15-5-3-4-14(6-7-15)8-11(13)16/h10H,3-9H2,1-2H3,(H2,13,16). The minimum atomic E-state index is -0.321. The molecule has 1 heterocycles. The molecule has 2 amide bonds. The fourth-order valence-electron chi connectivity index (χ4n) is 1.93. The van der Waals surface area contributed by atoms with Gasteiger partial charge in [-0.2, -0.15) is 0 Å². The Morgan fingerprint density at radius 1 is 1.22 bits per heavy atom. The molecule has 0 aliphatic carbocycles. The average Bonchev–Trinajstić information content (AvgIpc) is 2.50. The molecule has 104 valence electrons. The summed E-state index contributed by atoms with van der Waals surface area (Å²) in [7, 11) is 0. The van der Waals surface area contributed by atoms with Crippen LogP contribution in [0.1, 0.15) is 20.3 Å². The Hall–Kier alpha value is -1.14. The Morgan fingerprint density at radius 2 is 1.94 bits per heavy atom. The molecule has 0 unspecified atom stereocenters. The summed E-state index contributed by atoms with van der Waals surface area (Å²) in [6, 6.07) is 0. The first-order valence-electron chi connectivity index (χ1n) is 6.39. The van der Waals surface area contributed by atoms with E-state index in [0.717, 1.165) is 19.5 Å². The van der Waals surface area contributed by atoms with E-state index in [0.29, 0.717) is 13.1 Å². The third kappa shape index (κ3) is 5.46. The van der Waals surface area contributed by atoms with E-state index in [1.165, 1.54) is 0 Å². The molecule has 18 heavy (non-hydrogen) atoms. The summed E-state index contributed by atoms with van der Waals surface area (Å²) in [6.07, 6.45) is 0.924. The first-order chi connectivity index (χ1) is 8.49. The number of rotatable bonds is 5. The molecule has 0 aromatic heterocycles. The van der Waals surface area contributed by atoms with Crippen LogP contribution in [0.2, 0.25) is 0 Å². The van der Waals surface area contributed by atoms with Crippen molar-refractivity contribution >= 4 is 11.8 Å². The highest BCUT2D eigenvalue weighted by Crippen LogP contribution is 2.04. The van der Waals surface area contributed by atoms with Crippen molar-refractivity contribution < 1.29 is 14.3 Å². The molecule has 1 fully saturated rings. The van der Waals surface area contributed by atoms with Crippen LogP contribution in [0.4, 0.5) is 0 Å². The smallest absolute Gasteiger partial charge is 0.248 e. The maximum absolute atomic E-state index is 11.9. The van der Waals surface area contributed by atoms with Gasteiger partial charge >= 0.3 is 0 Å². The van der Waals surface area contributed by atoms with Crippen molar-refractivity contribution in [3.8, 4) is 0 Å². The molecule has 0 spiro atoms. The van der Waals surface area contributed by atoms with Crippen molar-refractivity contribution in [1.29, 1.82) is 0 Å². The fourth-order valence-corrected chi connectivity index (χ4v) is 1.93. The summed E-state index contributed by atoms with van der Waals surface area (Å²) < 4.78 is 5.31. The van der Waals surface area contributed by atoms with Crippen LogP contribution in [0, 0.1) is 0 Å². The molecule has 0 aromatic rings. The zero-order valence-electron chi connectivity index (χ0n) is 11.2. The maximum atomic E-state index is 11.9. The van der Waals surface area contributed by atoms with Crippen LogP contribution < -0.4 is 5.73 Å². The molecule has 2 N–H and O–H groups in total. The van der Waals surface area contributed by atoms with Crippen molar-refractivity contribution in [2.45, 2.75) is 26.4 Å². The highest BCUT2D eigenvalue weighted by molar-refractivity contribution is 5.77. The predicted molar refractivity (Wildman–Crippen MR) is 67.9 cm³/mol. The van der Waals surface area contributed by atoms with Gasteiger partial charge in [-0.25, -0.2) is 0 Å². The van der Waals surface area contributed by atoms with Crippen LogP contribution in [0.25, 0.3) is 0 Å². The monoisotopic (exact) mass is 257 g/mol. The van der Waals surface area contributed by atoms with Crippen molar-refractivity contribution in [3.63, 3.8) is 0 Å². The maximum Gasteiger partial charge on any atom is 0.248 e. The second-order valence-electron chi connectivity index (χ2n) is 4.84. The van der Waals surface area contributed by atoms with Gasteiger partial charge in [0, 0.05) is 26.2 Å². The number of hydrogen-bond donors (Lipinski definition) is 1. The van der Waals surface area contributed by atoms with Gasteiger partial charge in [0.1, 0.15) is 6.61 Å². The second kappa shape index (κ2) is 7.33. The highest BCUT2D eigenvalue weighted by Gasteiger charge is 2.19. The zero-order valence-corrected chi connectivity index (χ0v) is 11.2. The van der Waals surface area contributed by atoms with Gasteiger partial charge in [0.2, 0.25) is 11.8 Å². The Morgan fingerprint density at radius 3 is 2.56 bits per heavy atom. The second-order valence-corrected chi connectivity index (χ2v) is 4.84. The number of amides is 2. The summed E-state index contributed by atoms with van der Waals surface area (Å²) in [5, 5.41) is 0. The van der Waals surface area contributed by atoms with Crippen LogP contribution >= 0.6 is 0 Å². The predicted octanol–water partition coefficient (Wildman–Crippen LogP) is -0.569. The lowest BCUT2D eigenvalue weighted by atomic mass is 10.3. The van der Waals surface area contributed by atoms with Crippen LogP contribution in [0.3, 0.4) is 0 Å². The van der Waals surface area contributed by atoms with E-state index < -0.39 is 0 Å². The summed E-state index contributed by atoms with van der Waals surface area (Å²) in [4.78, 5) is 26.5. The molecule has 0 saturated carbocycles. The summed E-state index contributed by atoms with van der Waals surface area (Å²) in [6.45, 7) is 7.06. The number of nitrogens with zero attached hydrogens (tertiary/aromatic N) is 2. The molecule has 6 nitrogen and oxygen atoms in total. The van der Waals surface area contributed by atoms with Gasteiger partial charge in [-0.1, -0.05) is 0 Å². The van der Waals surface area contributed by atoms with Gasteiger partial charge in [0.25, 0.3) is 0 Å². The SMILES string of the molecule is CC(C)OCC(=O)N1CCCN(CC(N)=O)CC1. The quantitative estimate of drug-likeness (QED) is 0.715. The summed E-state index contributed by atoms with van der Waals surface area (Å²) in [5.74, 6) is -0.303. The zero-order chi connectivity index (χ0) is 13.5. The highest BCUT2D eigenvalue weighted by atomic mass is 16.5. The molecule has 0 atom stereocenters. The lowest BCUT2D eigenvalue weighted by Crippen LogP contribution is -2.39. The van der Waals surface area contributed by atoms with Crippen LogP contribution in [-0.2, 0) is 14.3 Å². The minimum Gasteiger partial charge on any atom is -0.369 e. The van der Waals surface area contributed by atoms with E-state index in [4.69, 9.17) is 10.5 Å². The van der Waals surface area contributed by atoms with Crippen molar-refractivity contribution in [2.75, 3.05) is 39.3 Å². The van der Waals surface area contributed by atoms with E-state index in [2.05, 4.69) is 0 Å². The number of ether oxygens (including phenoxy) is 1. The van der Waals surface area contributed by atoms with E-state index in [1.54, 1.807) is 4.90 Å².